The van der Waals surface area contributed by atoms with Gasteiger partial charge >= 0.3 is 0 Å². The monoisotopic (exact) mass is 274 g/mol. The first-order valence-corrected chi connectivity index (χ1v) is 8.10. The van der Waals surface area contributed by atoms with E-state index < -0.39 is 0 Å². The highest BCUT2D eigenvalue weighted by Gasteiger charge is 2.23. The summed E-state index contributed by atoms with van der Waals surface area (Å²) in [6.07, 6.45) is 5.32. The van der Waals surface area contributed by atoms with Gasteiger partial charge in [0.1, 0.15) is 0 Å². The van der Waals surface area contributed by atoms with Crippen molar-refractivity contribution in [2.75, 3.05) is 13.6 Å². The van der Waals surface area contributed by atoms with E-state index in [1.54, 1.807) is 0 Å². The molecular weight excluding hydrogens is 244 g/mol. The molecule has 0 radical (unpaired) electrons. The zero-order valence-corrected chi connectivity index (χ0v) is 13.6. The number of rotatable bonds is 5. The summed E-state index contributed by atoms with van der Waals surface area (Å²) in [5, 5.41) is 3.59. The van der Waals surface area contributed by atoms with Crippen LogP contribution in [-0.2, 0) is 6.54 Å². The Hall–Kier alpha value is -0.860. The maximum absolute atomic E-state index is 3.59. The zero-order valence-electron chi connectivity index (χ0n) is 13.6. The second-order valence-corrected chi connectivity index (χ2v) is 6.35. The topological polar surface area (TPSA) is 15.3 Å². The van der Waals surface area contributed by atoms with Gasteiger partial charge in [-0.1, -0.05) is 25.1 Å². The predicted molar refractivity (Wildman–Crippen MR) is 87.1 cm³/mol. The molecule has 0 amide bonds. The Balaban J connectivity index is 1.91. The number of hydrogen-bond acceptors (Lipinski definition) is 2. The molecule has 1 aromatic rings. The van der Waals surface area contributed by atoms with Crippen molar-refractivity contribution in [2.24, 2.45) is 0 Å². The lowest BCUT2D eigenvalue weighted by molar-refractivity contribution is 0.168. The van der Waals surface area contributed by atoms with E-state index in [4.69, 9.17) is 0 Å². The average molecular weight is 274 g/mol. The first kappa shape index (κ1) is 15.5. The zero-order chi connectivity index (χ0) is 14.5. The number of nitrogens with one attached hydrogen (secondary N) is 1. The van der Waals surface area contributed by atoms with Crippen LogP contribution in [0.25, 0.3) is 0 Å². The molecule has 1 aliphatic carbocycles. The average Bonchev–Trinajstić information content (AvgIpc) is 2.44. The van der Waals surface area contributed by atoms with Crippen molar-refractivity contribution < 1.29 is 0 Å². The molecule has 2 rings (SSSR count). The first-order chi connectivity index (χ1) is 9.61. The van der Waals surface area contributed by atoms with E-state index in [0.717, 1.165) is 25.2 Å². The summed E-state index contributed by atoms with van der Waals surface area (Å²) >= 11 is 0. The predicted octanol–water partition coefficient (Wildman–Crippen LogP) is 3.66. The molecule has 1 saturated carbocycles. The van der Waals surface area contributed by atoms with Gasteiger partial charge in [0.2, 0.25) is 0 Å². The lowest BCUT2D eigenvalue weighted by Crippen LogP contribution is -2.40. The minimum Gasteiger partial charge on any atom is -0.314 e. The molecule has 0 spiro atoms. The Bertz CT molecular complexity index is 399. The highest BCUT2D eigenvalue weighted by molar-refractivity contribution is 5.33. The van der Waals surface area contributed by atoms with Crippen LogP contribution in [0.15, 0.2) is 18.2 Å². The van der Waals surface area contributed by atoms with Crippen molar-refractivity contribution in [3.8, 4) is 0 Å². The maximum Gasteiger partial charge on any atom is 0.0238 e. The Kier molecular flexibility index (Phi) is 5.62. The van der Waals surface area contributed by atoms with Gasteiger partial charge in [-0.25, -0.2) is 0 Å². The summed E-state index contributed by atoms with van der Waals surface area (Å²) in [4.78, 5) is 2.57. The van der Waals surface area contributed by atoms with Crippen LogP contribution in [-0.4, -0.2) is 30.6 Å². The molecule has 1 N–H and O–H groups in total. The third kappa shape index (κ3) is 3.83. The molecule has 0 saturated heterocycles. The van der Waals surface area contributed by atoms with E-state index in [1.807, 2.05) is 0 Å². The Morgan fingerprint density at radius 2 is 1.70 bits per heavy atom. The molecule has 112 valence electrons. The summed E-state index contributed by atoms with van der Waals surface area (Å²) in [7, 11) is 2.30. The van der Waals surface area contributed by atoms with Crippen molar-refractivity contribution in [3.63, 3.8) is 0 Å². The van der Waals surface area contributed by atoms with E-state index in [-0.39, 0.29) is 0 Å². The molecule has 0 atom stereocenters. The number of hydrogen-bond donors (Lipinski definition) is 1. The third-order valence-electron chi connectivity index (χ3n) is 4.86. The van der Waals surface area contributed by atoms with Crippen molar-refractivity contribution in [1.82, 2.24) is 10.2 Å². The first-order valence-electron chi connectivity index (χ1n) is 8.10. The van der Waals surface area contributed by atoms with E-state index in [0.29, 0.717) is 0 Å². The highest BCUT2D eigenvalue weighted by Crippen LogP contribution is 2.25. The number of benzene rings is 1. The molecule has 0 aliphatic heterocycles. The number of aryl methyl sites for hydroxylation is 2. The van der Waals surface area contributed by atoms with Crippen LogP contribution in [0, 0.1) is 13.8 Å². The standard InChI is InChI=1S/C18H30N2/c1-5-19-16-9-11-17(12-10-16)20(4)13-18-14(2)7-6-8-15(18)3/h6-8,16-17,19H,5,9-13H2,1-4H3. The van der Waals surface area contributed by atoms with Crippen LogP contribution in [0.2, 0.25) is 0 Å². The van der Waals surface area contributed by atoms with E-state index >= 15 is 0 Å². The molecule has 2 heteroatoms. The molecule has 0 unspecified atom stereocenters. The van der Waals surface area contributed by atoms with Crippen molar-refractivity contribution >= 4 is 0 Å². The normalized spacial score (nSPS) is 23.2. The van der Waals surface area contributed by atoms with Gasteiger partial charge in [-0.05, 0) is 69.8 Å². The minimum absolute atomic E-state index is 0.754. The highest BCUT2D eigenvalue weighted by atomic mass is 15.1. The molecule has 1 aromatic carbocycles. The van der Waals surface area contributed by atoms with Gasteiger partial charge < -0.3 is 5.32 Å². The molecular formula is C18H30N2. The van der Waals surface area contributed by atoms with Gasteiger partial charge in [-0.15, -0.1) is 0 Å². The molecule has 2 nitrogen and oxygen atoms in total. The fraction of sp³-hybridized carbons (Fsp3) is 0.667. The SMILES string of the molecule is CCNC1CCC(N(C)Cc2c(C)cccc2C)CC1. The fourth-order valence-corrected chi connectivity index (χ4v) is 3.49. The summed E-state index contributed by atoms with van der Waals surface area (Å²) in [5.74, 6) is 0. The lowest BCUT2D eigenvalue weighted by Gasteiger charge is -2.35. The van der Waals surface area contributed by atoms with Gasteiger partial charge in [0.15, 0.2) is 0 Å². The largest absolute Gasteiger partial charge is 0.314 e. The smallest absolute Gasteiger partial charge is 0.0238 e. The van der Waals surface area contributed by atoms with Gasteiger partial charge in [0.25, 0.3) is 0 Å². The van der Waals surface area contributed by atoms with Gasteiger partial charge in [0.05, 0.1) is 0 Å². The maximum atomic E-state index is 3.59. The molecule has 0 bridgehead atoms. The van der Waals surface area contributed by atoms with E-state index in [1.165, 1.54) is 42.4 Å². The van der Waals surface area contributed by atoms with Crippen molar-refractivity contribution in [1.29, 1.82) is 0 Å². The Morgan fingerprint density at radius 1 is 1.10 bits per heavy atom. The summed E-state index contributed by atoms with van der Waals surface area (Å²) in [6, 6.07) is 8.14. The molecule has 1 aliphatic rings. The molecule has 0 heterocycles. The lowest BCUT2D eigenvalue weighted by atomic mass is 9.90. The van der Waals surface area contributed by atoms with Crippen LogP contribution in [0.1, 0.15) is 49.3 Å². The second kappa shape index (κ2) is 7.24. The molecule has 1 fully saturated rings. The van der Waals surface area contributed by atoms with Crippen LogP contribution in [0.3, 0.4) is 0 Å². The van der Waals surface area contributed by atoms with Crippen LogP contribution in [0.5, 0.6) is 0 Å². The van der Waals surface area contributed by atoms with Crippen molar-refractivity contribution in [3.05, 3.63) is 34.9 Å². The van der Waals surface area contributed by atoms with E-state index in [9.17, 15) is 0 Å². The van der Waals surface area contributed by atoms with Crippen molar-refractivity contribution in [2.45, 2.75) is 65.1 Å². The fourth-order valence-electron chi connectivity index (χ4n) is 3.49. The van der Waals surface area contributed by atoms with Crippen LogP contribution < -0.4 is 5.32 Å². The number of nitrogens with zero attached hydrogens (tertiary/aromatic N) is 1. The Labute approximate surface area is 124 Å². The van der Waals surface area contributed by atoms with Crippen LogP contribution >= 0.6 is 0 Å². The quantitative estimate of drug-likeness (QED) is 0.881. The summed E-state index contributed by atoms with van der Waals surface area (Å²) in [6.45, 7) is 8.87. The Morgan fingerprint density at radius 3 is 2.25 bits per heavy atom. The van der Waals surface area contributed by atoms with Crippen LogP contribution in [0.4, 0.5) is 0 Å². The summed E-state index contributed by atoms with van der Waals surface area (Å²) < 4.78 is 0. The molecule has 20 heavy (non-hydrogen) atoms. The van der Waals surface area contributed by atoms with Gasteiger partial charge in [0, 0.05) is 18.6 Å². The van der Waals surface area contributed by atoms with Gasteiger partial charge in [-0.2, -0.15) is 0 Å². The summed E-state index contributed by atoms with van der Waals surface area (Å²) in [5.41, 5.74) is 4.38. The van der Waals surface area contributed by atoms with Gasteiger partial charge in [-0.3, -0.25) is 4.90 Å². The third-order valence-corrected chi connectivity index (χ3v) is 4.86. The van der Waals surface area contributed by atoms with E-state index in [2.05, 4.69) is 56.2 Å². The second-order valence-electron chi connectivity index (χ2n) is 6.35. The molecule has 0 aromatic heterocycles. The minimum atomic E-state index is 0.754.